The number of hydrogen-bond acceptors (Lipinski definition) is 2. The number of aryl methyl sites for hydroxylation is 1. The number of pyridine rings is 1. The lowest BCUT2D eigenvalue weighted by Crippen LogP contribution is -2.15. The fraction of sp³-hybridized carbons (Fsp3) is 0.583. The Bertz CT molecular complexity index is 264. The van der Waals surface area contributed by atoms with Crippen LogP contribution in [0.25, 0.3) is 0 Å². The van der Waals surface area contributed by atoms with Gasteiger partial charge < -0.3 is 5.32 Å². The Morgan fingerprint density at radius 3 is 2.80 bits per heavy atom. The number of aromatic nitrogens is 1. The smallest absolute Gasteiger partial charge is 0.0417 e. The van der Waals surface area contributed by atoms with E-state index in [0.29, 0.717) is 0 Å². The third-order valence-electron chi connectivity index (χ3n) is 2.39. The predicted molar refractivity (Wildman–Crippen MR) is 67.5 cm³/mol. The van der Waals surface area contributed by atoms with Gasteiger partial charge in [-0.2, -0.15) is 0 Å². The van der Waals surface area contributed by atoms with Gasteiger partial charge in [0.05, 0.1) is 0 Å². The van der Waals surface area contributed by atoms with Crippen molar-refractivity contribution in [1.29, 1.82) is 0 Å². The van der Waals surface area contributed by atoms with Crippen molar-refractivity contribution in [2.75, 3.05) is 6.54 Å². The van der Waals surface area contributed by atoms with Crippen LogP contribution < -0.4 is 5.32 Å². The highest BCUT2D eigenvalue weighted by molar-refractivity contribution is 5.85. The van der Waals surface area contributed by atoms with Gasteiger partial charge in [-0.25, -0.2) is 0 Å². The van der Waals surface area contributed by atoms with Crippen LogP contribution in [0.15, 0.2) is 18.3 Å². The molecule has 0 atom stereocenters. The van der Waals surface area contributed by atoms with Crippen molar-refractivity contribution in [3.8, 4) is 0 Å². The van der Waals surface area contributed by atoms with Crippen molar-refractivity contribution in [2.45, 2.75) is 39.7 Å². The first-order chi connectivity index (χ1) is 6.84. The molecule has 1 N–H and O–H groups in total. The molecule has 0 aromatic carbocycles. The summed E-state index contributed by atoms with van der Waals surface area (Å²) in [4.78, 5) is 4.25. The second kappa shape index (κ2) is 8.69. The second-order valence-corrected chi connectivity index (χ2v) is 3.63. The topological polar surface area (TPSA) is 24.9 Å². The monoisotopic (exact) mass is 228 g/mol. The Kier molecular flexibility index (Phi) is 8.34. The molecule has 0 aliphatic rings. The second-order valence-electron chi connectivity index (χ2n) is 3.63. The number of halogens is 1. The maximum absolute atomic E-state index is 4.25. The molecule has 0 saturated heterocycles. The van der Waals surface area contributed by atoms with Crippen LogP contribution in [-0.2, 0) is 6.54 Å². The molecule has 1 heterocycles. The van der Waals surface area contributed by atoms with Crippen LogP contribution >= 0.6 is 12.4 Å². The molecule has 1 aromatic rings. The first-order valence-corrected chi connectivity index (χ1v) is 5.45. The van der Waals surface area contributed by atoms with E-state index >= 15 is 0 Å². The van der Waals surface area contributed by atoms with Crippen LogP contribution in [0.2, 0.25) is 0 Å². The molecule has 0 bridgehead atoms. The zero-order chi connectivity index (χ0) is 10.2. The highest BCUT2D eigenvalue weighted by Gasteiger charge is 1.96. The molecule has 3 heteroatoms. The van der Waals surface area contributed by atoms with E-state index in [4.69, 9.17) is 0 Å². The molecule has 15 heavy (non-hydrogen) atoms. The van der Waals surface area contributed by atoms with Crippen LogP contribution in [0.4, 0.5) is 0 Å². The van der Waals surface area contributed by atoms with Gasteiger partial charge in [-0.15, -0.1) is 12.4 Å². The molecular weight excluding hydrogens is 208 g/mol. The molecule has 0 aliphatic heterocycles. The van der Waals surface area contributed by atoms with Gasteiger partial charge in [0.25, 0.3) is 0 Å². The molecule has 0 radical (unpaired) electrons. The highest BCUT2D eigenvalue weighted by atomic mass is 35.5. The minimum atomic E-state index is 0. The van der Waals surface area contributed by atoms with Crippen LogP contribution in [-0.4, -0.2) is 11.5 Å². The van der Waals surface area contributed by atoms with E-state index in [2.05, 4.69) is 30.2 Å². The van der Waals surface area contributed by atoms with Gasteiger partial charge in [-0.3, -0.25) is 4.98 Å². The molecule has 1 rings (SSSR count). The summed E-state index contributed by atoms with van der Waals surface area (Å²) in [5, 5.41) is 3.44. The summed E-state index contributed by atoms with van der Waals surface area (Å²) >= 11 is 0. The van der Waals surface area contributed by atoms with Crippen LogP contribution in [0.1, 0.15) is 37.4 Å². The minimum Gasteiger partial charge on any atom is -0.313 e. The number of hydrogen-bond donors (Lipinski definition) is 1. The van der Waals surface area contributed by atoms with Gasteiger partial charge in [-0.05, 0) is 31.5 Å². The van der Waals surface area contributed by atoms with Gasteiger partial charge in [0.1, 0.15) is 0 Å². The minimum absolute atomic E-state index is 0. The maximum atomic E-state index is 4.25. The van der Waals surface area contributed by atoms with E-state index in [9.17, 15) is 0 Å². The van der Waals surface area contributed by atoms with E-state index in [-0.39, 0.29) is 12.4 Å². The summed E-state index contributed by atoms with van der Waals surface area (Å²) in [6.45, 7) is 6.35. The lowest BCUT2D eigenvalue weighted by molar-refractivity contribution is 0.614. The van der Waals surface area contributed by atoms with Gasteiger partial charge in [0.2, 0.25) is 0 Å². The van der Waals surface area contributed by atoms with E-state index in [1.54, 1.807) is 0 Å². The summed E-state index contributed by atoms with van der Waals surface area (Å²) in [5.41, 5.74) is 2.44. The standard InChI is InChI=1S/C12H20N2.ClH/c1-3-4-5-8-13-10-12-7-6-9-14-11(12)2;/h6-7,9,13H,3-5,8,10H2,1-2H3;1H. The molecule has 0 spiro atoms. The zero-order valence-electron chi connectivity index (χ0n) is 9.62. The van der Waals surface area contributed by atoms with Crippen LogP contribution in [0.3, 0.4) is 0 Å². The quantitative estimate of drug-likeness (QED) is 0.757. The molecule has 2 nitrogen and oxygen atoms in total. The first kappa shape index (κ1) is 14.4. The number of nitrogens with zero attached hydrogens (tertiary/aromatic N) is 1. The Balaban J connectivity index is 0.00000196. The lowest BCUT2D eigenvalue weighted by Gasteiger charge is -2.06. The number of nitrogens with one attached hydrogen (secondary N) is 1. The lowest BCUT2D eigenvalue weighted by atomic mass is 10.2. The van der Waals surface area contributed by atoms with E-state index in [0.717, 1.165) is 18.8 Å². The van der Waals surface area contributed by atoms with Crippen molar-refractivity contribution < 1.29 is 0 Å². The molecule has 1 aromatic heterocycles. The van der Waals surface area contributed by atoms with Crippen molar-refractivity contribution in [3.63, 3.8) is 0 Å². The number of unbranched alkanes of at least 4 members (excludes halogenated alkanes) is 2. The van der Waals surface area contributed by atoms with Gasteiger partial charge in [-0.1, -0.05) is 25.8 Å². The fourth-order valence-corrected chi connectivity index (χ4v) is 1.43. The Morgan fingerprint density at radius 2 is 2.13 bits per heavy atom. The van der Waals surface area contributed by atoms with Crippen molar-refractivity contribution in [3.05, 3.63) is 29.6 Å². The van der Waals surface area contributed by atoms with E-state index in [1.165, 1.54) is 24.8 Å². The SMILES string of the molecule is CCCCCNCc1cccnc1C.Cl. The third-order valence-corrected chi connectivity index (χ3v) is 2.39. The molecule has 86 valence electrons. The summed E-state index contributed by atoms with van der Waals surface area (Å²) in [5.74, 6) is 0. The van der Waals surface area contributed by atoms with Gasteiger partial charge >= 0.3 is 0 Å². The molecule has 0 saturated carbocycles. The van der Waals surface area contributed by atoms with E-state index in [1.807, 2.05) is 12.3 Å². The average molecular weight is 229 g/mol. The maximum Gasteiger partial charge on any atom is 0.0417 e. The molecule has 0 unspecified atom stereocenters. The van der Waals surface area contributed by atoms with Crippen molar-refractivity contribution >= 4 is 12.4 Å². The zero-order valence-corrected chi connectivity index (χ0v) is 10.4. The molecular formula is C12H21ClN2. The molecule has 0 amide bonds. The van der Waals surface area contributed by atoms with Gasteiger partial charge in [0.15, 0.2) is 0 Å². The summed E-state index contributed by atoms with van der Waals surface area (Å²) in [6, 6.07) is 4.13. The van der Waals surface area contributed by atoms with Crippen molar-refractivity contribution in [1.82, 2.24) is 10.3 Å². The Hall–Kier alpha value is -0.600. The average Bonchev–Trinajstić information content (AvgIpc) is 2.20. The fourth-order valence-electron chi connectivity index (χ4n) is 1.43. The summed E-state index contributed by atoms with van der Waals surface area (Å²) < 4.78 is 0. The van der Waals surface area contributed by atoms with Gasteiger partial charge in [0, 0.05) is 18.4 Å². The normalized spacial score (nSPS) is 9.73. The molecule has 0 fully saturated rings. The first-order valence-electron chi connectivity index (χ1n) is 5.45. The van der Waals surface area contributed by atoms with Crippen LogP contribution in [0.5, 0.6) is 0 Å². The summed E-state index contributed by atoms with van der Waals surface area (Å²) in [7, 11) is 0. The third kappa shape index (κ3) is 5.75. The number of rotatable bonds is 6. The predicted octanol–water partition coefficient (Wildman–Crippen LogP) is 3.09. The largest absolute Gasteiger partial charge is 0.313 e. The Morgan fingerprint density at radius 1 is 1.33 bits per heavy atom. The van der Waals surface area contributed by atoms with E-state index < -0.39 is 0 Å². The Labute approximate surface area is 98.9 Å². The van der Waals surface area contributed by atoms with Crippen LogP contribution in [0, 0.1) is 6.92 Å². The molecule has 0 aliphatic carbocycles. The summed E-state index contributed by atoms with van der Waals surface area (Å²) in [6.07, 6.45) is 5.72. The highest BCUT2D eigenvalue weighted by Crippen LogP contribution is 2.02. The van der Waals surface area contributed by atoms with Crippen molar-refractivity contribution in [2.24, 2.45) is 0 Å².